The molecule has 0 radical (unpaired) electrons. The Morgan fingerprint density at radius 3 is 2.25 bits per heavy atom. The second kappa shape index (κ2) is 7.89. The molecule has 1 amide bonds. The number of hydrogen-bond acceptors (Lipinski definition) is 5. The summed E-state index contributed by atoms with van der Waals surface area (Å²) in [5, 5.41) is 0. The molecule has 2 saturated heterocycles. The highest BCUT2D eigenvalue weighted by Crippen LogP contribution is 2.25. The van der Waals surface area contributed by atoms with E-state index in [9.17, 15) is 13.2 Å². The number of pyridine rings is 1. The van der Waals surface area contributed by atoms with Gasteiger partial charge in [0.25, 0.3) is 0 Å². The number of nitrogens with zero attached hydrogens (tertiary/aromatic N) is 4. The van der Waals surface area contributed by atoms with E-state index in [2.05, 4.69) is 9.88 Å². The van der Waals surface area contributed by atoms with E-state index in [1.807, 2.05) is 18.2 Å². The van der Waals surface area contributed by atoms with Crippen molar-refractivity contribution in [3.63, 3.8) is 0 Å². The van der Waals surface area contributed by atoms with Crippen molar-refractivity contribution in [3.8, 4) is 0 Å². The van der Waals surface area contributed by atoms with Crippen molar-refractivity contribution >= 4 is 27.4 Å². The van der Waals surface area contributed by atoms with Crippen LogP contribution in [0.1, 0.15) is 19.3 Å². The summed E-state index contributed by atoms with van der Waals surface area (Å²) in [5.74, 6) is 0.975. The summed E-state index contributed by atoms with van der Waals surface area (Å²) < 4.78 is 27.5. The van der Waals surface area contributed by atoms with Crippen molar-refractivity contribution < 1.29 is 13.2 Å². The van der Waals surface area contributed by atoms with Crippen LogP contribution in [0.2, 0.25) is 0 Å². The van der Waals surface area contributed by atoms with Crippen LogP contribution in [0.5, 0.6) is 0 Å². The Morgan fingerprint density at radius 1 is 0.857 bits per heavy atom. The molecule has 0 atom stereocenters. The summed E-state index contributed by atoms with van der Waals surface area (Å²) in [5.41, 5.74) is 0.767. The smallest absolute Gasteiger partial charge is 0.243 e. The number of amides is 1. The molecular weight excluding hydrogens is 376 g/mol. The zero-order valence-corrected chi connectivity index (χ0v) is 16.5. The van der Waals surface area contributed by atoms with Gasteiger partial charge in [0, 0.05) is 51.0 Å². The van der Waals surface area contributed by atoms with Crippen LogP contribution < -0.4 is 9.80 Å². The molecule has 4 rings (SSSR count). The van der Waals surface area contributed by atoms with E-state index in [0.717, 1.165) is 24.3 Å². The second-order valence-corrected chi connectivity index (χ2v) is 9.01. The molecule has 2 aliphatic heterocycles. The summed E-state index contributed by atoms with van der Waals surface area (Å²) in [6, 6.07) is 12.4. The van der Waals surface area contributed by atoms with Gasteiger partial charge in [-0.15, -0.1) is 0 Å². The summed E-state index contributed by atoms with van der Waals surface area (Å²) in [7, 11) is -3.55. The van der Waals surface area contributed by atoms with Crippen LogP contribution in [0.4, 0.5) is 11.5 Å². The van der Waals surface area contributed by atoms with Crippen molar-refractivity contribution in [1.82, 2.24) is 9.29 Å². The van der Waals surface area contributed by atoms with Gasteiger partial charge in [-0.05, 0) is 49.2 Å². The first-order valence-corrected chi connectivity index (χ1v) is 11.1. The minimum atomic E-state index is -3.55. The lowest BCUT2D eigenvalue weighted by Gasteiger charge is -2.34. The van der Waals surface area contributed by atoms with Gasteiger partial charge < -0.3 is 9.80 Å². The quantitative estimate of drug-likeness (QED) is 0.786. The molecule has 0 spiro atoms. The lowest BCUT2D eigenvalue weighted by atomic mass is 10.1. The molecule has 3 heterocycles. The zero-order valence-electron chi connectivity index (χ0n) is 15.7. The van der Waals surface area contributed by atoms with Crippen molar-refractivity contribution in [3.05, 3.63) is 48.7 Å². The van der Waals surface area contributed by atoms with Gasteiger partial charge in [0.15, 0.2) is 0 Å². The van der Waals surface area contributed by atoms with Crippen molar-refractivity contribution in [2.45, 2.75) is 24.2 Å². The molecule has 7 nitrogen and oxygen atoms in total. The number of carbonyl (C=O) groups excluding carboxylic acids is 1. The van der Waals surface area contributed by atoms with E-state index in [1.165, 1.54) is 4.31 Å². The molecule has 0 saturated carbocycles. The molecule has 1 aromatic heterocycles. The van der Waals surface area contributed by atoms with Gasteiger partial charge in [-0.25, -0.2) is 13.4 Å². The maximum absolute atomic E-state index is 13.0. The molecule has 2 aliphatic rings. The topological polar surface area (TPSA) is 73.8 Å². The molecule has 0 bridgehead atoms. The fourth-order valence-electron chi connectivity index (χ4n) is 3.72. The molecule has 148 valence electrons. The Labute approximate surface area is 165 Å². The van der Waals surface area contributed by atoms with Gasteiger partial charge in [0.1, 0.15) is 5.82 Å². The average molecular weight is 401 g/mol. The van der Waals surface area contributed by atoms with Crippen molar-refractivity contribution in [1.29, 1.82) is 0 Å². The van der Waals surface area contributed by atoms with E-state index >= 15 is 0 Å². The van der Waals surface area contributed by atoms with Crippen LogP contribution >= 0.6 is 0 Å². The molecule has 2 aromatic rings. The predicted molar refractivity (Wildman–Crippen MR) is 108 cm³/mol. The summed E-state index contributed by atoms with van der Waals surface area (Å²) >= 11 is 0. The third kappa shape index (κ3) is 3.74. The highest BCUT2D eigenvalue weighted by atomic mass is 32.2. The lowest BCUT2D eigenvalue weighted by molar-refractivity contribution is -0.119. The Morgan fingerprint density at radius 2 is 1.61 bits per heavy atom. The monoisotopic (exact) mass is 400 g/mol. The number of sulfonamides is 1. The summed E-state index contributed by atoms with van der Waals surface area (Å²) in [6.07, 6.45) is 4.20. The zero-order chi connectivity index (χ0) is 19.6. The Hall–Kier alpha value is -2.45. The number of piperidine rings is 1. The molecule has 1 aromatic carbocycles. The third-order valence-electron chi connectivity index (χ3n) is 5.32. The van der Waals surface area contributed by atoms with Gasteiger partial charge >= 0.3 is 0 Å². The molecule has 2 fully saturated rings. The van der Waals surface area contributed by atoms with Crippen LogP contribution in [-0.2, 0) is 14.8 Å². The number of benzene rings is 1. The predicted octanol–water partition coefficient (Wildman–Crippen LogP) is 2.11. The maximum atomic E-state index is 13.0. The number of hydrogen-bond donors (Lipinski definition) is 0. The Kier molecular flexibility index (Phi) is 5.32. The Bertz CT molecular complexity index is 924. The molecular formula is C20H24N4O3S. The first kappa shape index (κ1) is 18.9. The number of aromatic nitrogens is 1. The first-order chi connectivity index (χ1) is 13.6. The van der Waals surface area contributed by atoms with Crippen molar-refractivity contribution in [2.24, 2.45) is 0 Å². The Balaban J connectivity index is 1.44. The first-order valence-electron chi connectivity index (χ1n) is 9.62. The van der Waals surface area contributed by atoms with Gasteiger partial charge in [0.05, 0.1) is 4.90 Å². The third-order valence-corrected chi connectivity index (χ3v) is 7.23. The van der Waals surface area contributed by atoms with E-state index in [-0.39, 0.29) is 10.8 Å². The van der Waals surface area contributed by atoms with Crippen LogP contribution in [0.3, 0.4) is 0 Å². The van der Waals surface area contributed by atoms with Crippen LogP contribution in [0.15, 0.2) is 53.6 Å². The van der Waals surface area contributed by atoms with Gasteiger partial charge in [0.2, 0.25) is 15.9 Å². The number of rotatable bonds is 4. The van der Waals surface area contributed by atoms with E-state index in [4.69, 9.17) is 0 Å². The van der Waals surface area contributed by atoms with E-state index < -0.39 is 10.0 Å². The highest BCUT2D eigenvalue weighted by Gasteiger charge is 2.29. The van der Waals surface area contributed by atoms with Gasteiger partial charge in [-0.3, -0.25) is 4.79 Å². The second-order valence-electron chi connectivity index (χ2n) is 7.08. The molecule has 8 heteroatoms. The highest BCUT2D eigenvalue weighted by molar-refractivity contribution is 7.89. The minimum Gasteiger partial charge on any atom is -0.354 e. The number of carbonyl (C=O) groups is 1. The van der Waals surface area contributed by atoms with Crippen LogP contribution in [0, 0.1) is 0 Å². The summed E-state index contributed by atoms with van der Waals surface area (Å²) in [6.45, 7) is 2.75. The van der Waals surface area contributed by atoms with E-state index in [1.54, 1.807) is 35.4 Å². The van der Waals surface area contributed by atoms with Gasteiger partial charge in [-0.2, -0.15) is 4.31 Å². The summed E-state index contributed by atoms with van der Waals surface area (Å²) in [4.78, 5) is 20.5. The van der Waals surface area contributed by atoms with Crippen molar-refractivity contribution in [2.75, 3.05) is 42.5 Å². The molecule has 0 aliphatic carbocycles. The van der Waals surface area contributed by atoms with Crippen LogP contribution in [0.25, 0.3) is 0 Å². The average Bonchev–Trinajstić information content (AvgIpc) is 2.75. The largest absolute Gasteiger partial charge is 0.354 e. The number of anilines is 2. The fourth-order valence-corrected chi connectivity index (χ4v) is 5.15. The van der Waals surface area contributed by atoms with Gasteiger partial charge in [-0.1, -0.05) is 6.07 Å². The molecule has 28 heavy (non-hydrogen) atoms. The molecule has 0 unspecified atom stereocenters. The normalized spacial score (nSPS) is 19.1. The number of piperazine rings is 1. The van der Waals surface area contributed by atoms with E-state index in [0.29, 0.717) is 39.1 Å². The minimum absolute atomic E-state index is 0.104. The standard InChI is InChI=1S/C20H24N4O3S/c25-20-6-2-4-12-24(20)17-7-9-18(10-8-17)28(26,27)23-15-13-22(14-16-23)19-5-1-3-11-21-19/h1,3,5,7-11H,2,4,6,12-16H2. The maximum Gasteiger partial charge on any atom is 0.243 e. The fraction of sp³-hybridized carbons (Fsp3) is 0.400. The lowest BCUT2D eigenvalue weighted by Crippen LogP contribution is -2.48. The molecule has 0 N–H and O–H groups in total. The SMILES string of the molecule is O=C1CCCCN1c1ccc(S(=O)(=O)N2CCN(c3ccccn3)CC2)cc1. The van der Waals surface area contributed by atoms with Crippen LogP contribution in [-0.4, -0.2) is 56.3 Å².